The zero-order valence-electron chi connectivity index (χ0n) is 13.2. The van der Waals surface area contributed by atoms with E-state index in [1.54, 1.807) is 0 Å². The molecule has 5 fully saturated rings. The summed E-state index contributed by atoms with van der Waals surface area (Å²) >= 11 is 0. The van der Waals surface area contributed by atoms with E-state index < -0.39 is 0 Å². The van der Waals surface area contributed by atoms with Crippen molar-refractivity contribution in [3.8, 4) is 0 Å². The van der Waals surface area contributed by atoms with Gasteiger partial charge in [0.1, 0.15) is 0 Å². The molecule has 0 unspecified atom stereocenters. The molecule has 0 aliphatic heterocycles. The molecular formula is C18H30N2O. The average molecular weight is 290 g/mol. The van der Waals surface area contributed by atoms with Crippen molar-refractivity contribution in [3.05, 3.63) is 0 Å². The van der Waals surface area contributed by atoms with Gasteiger partial charge in [-0.05, 0) is 87.9 Å². The van der Waals surface area contributed by atoms with Crippen LogP contribution in [0.4, 0.5) is 0 Å². The third-order valence-corrected chi connectivity index (χ3v) is 6.96. The fourth-order valence-electron chi connectivity index (χ4n) is 6.21. The minimum atomic E-state index is 0.0276. The third-order valence-electron chi connectivity index (χ3n) is 6.96. The standard InChI is InChI=1S/C18H30N2O/c19-16-3-1-12(2-4-16)11-20-17(21)18-8-13-5-14(9-18)7-15(6-13)10-18/h12-16H,1-11,19H2,(H,20,21). The van der Waals surface area contributed by atoms with Crippen LogP contribution in [0.5, 0.6) is 0 Å². The molecule has 0 saturated heterocycles. The average Bonchev–Trinajstić information content (AvgIpc) is 2.45. The van der Waals surface area contributed by atoms with Gasteiger partial charge < -0.3 is 11.1 Å². The largest absolute Gasteiger partial charge is 0.355 e. The Kier molecular flexibility index (Phi) is 3.52. The van der Waals surface area contributed by atoms with E-state index in [9.17, 15) is 4.79 Å². The molecule has 5 saturated carbocycles. The molecule has 4 bridgehead atoms. The van der Waals surface area contributed by atoms with Crippen LogP contribution in [0, 0.1) is 29.1 Å². The highest BCUT2D eigenvalue weighted by Gasteiger charge is 2.54. The van der Waals surface area contributed by atoms with E-state index in [4.69, 9.17) is 5.73 Å². The first-order valence-electron chi connectivity index (χ1n) is 9.17. The minimum absolute atomic E-state index is 0.0276. The van der Waals surface area contributed by atoms with E-state index in [1.807, 2.05) is 0 Å². The van der Waals surface area contributed by atoms with E-state index >= 15 is 0 Å². The van der Waals surface area contributed by atoms with E-state index in [0.717, 1.165) is 37.1 Å². The molecule has 3 nitrogen and oxygen atoms in total. The highest BCUT2D eigenvalue weighted by molar-refractivity contribution is 5.83. The van der Waals surface area contributed by atoms with Gasteiger partial charge in [-0.1, -0.05) is 0 Å². The maximum absolute atomic E-state index is 12.9. The van der Waals surface area contributed by atoms with E-state index in [-0.39, 0.29) is 5.41 Å². The normalized spacial score (nSPS) is 48.3. The van der Waals surface area contributed by atoms with Crippen LogP contribution in [0.2, 0.25) is 0 Å². The lowest BCUT2D eigenvalue weighted by molar-refractivity contribution is -0.146. The van der Waals surface area contributed by atoms with Crippen LogP contribution in [-0.4, -0.2) is 18.5 Å². The first-order valence-corrected chi connectivity index (χ1v) is 9.17. The quantitative estimate of drug-likeness (QED) is 0.840. The summed E-state index contributed by atoms with van der Waals surface area (Å²) in [5, 5.41) is 3.34. The number of rotatable bonds is 3. The van der Waals surface area contributed by atoms with Gasteiger partial charge in [0.25, 0.3) is 0 Å². The third kappa shape index (κ3) is 2.62. The minimum Gasteiger partial charge on any atom is -0.355 e. The molecule has 0 atom stereocenters. The molecule has 0 spiro atoms. The molecule has 5 aliphatic carbocycles. The predicted octanol–water partition coefficient (Wildman–Crippen LogP) is 2.84. The summed E-state index contributed by atoms with van der Waals surface area (Å²) in [6.45, 7) is 0.896. The van der Waals surface area contributed by atoms with E-state index in [0.29, 0.717) is 17.9 Å². The zero-order chi connectivity index (χ0) is 14.4. The Labute approximate surface area is 128 Å². The van der Waals surface area contributed by atoms with Gasteiger partial charge >= 0.3 is 0 Å². The summed E-state index contributed by atoms with van der Waals surface area (Å²) in [6, 6.07) is 0.403. The van der Waals surface area contributed by atoms with Gasteiger partial charge in [0.2, 0.25) is 5.91 Å². The molecule has 3 N–H and O–H groups in total. The molecule has 1 amide bonds. The number of hydrogen-bond donors (Lipinski definition) is 2. The predicted molar refractivity (Wildman–Crippen MR) is 83.5 cm³/mol. The number of carbonyl (C=O) groups is 1. The monoisotopic (exact) mass is 290 g/mol. The molecule has 0 heterocycles. The van der Waals surface area contributed by atoms with Crippen LogP contribution in [0.15, 0.2) is 0 Å². The van der Waals surface area contributed by atoms with E-state index in [2.05, 4.69) is 5.32 Å². The Hall–Kier alpha value is -0.570. The van der Waals surface area contributed by atoms with Crippen LogP contribution < -0.4 is 11.1 Å². The molecular weight excluding hydrogens is 260 g/mol. The maximum Gasteiger partial charge on any atom is 0.226 e. The van der Waals surface area contributed by atoms with Crippen molar-refractivity contribution in [1.29, 1.82) is 0 Å². The molecule has 5 rings (SSSR count). The zero-order valence-corrected chi connectivity index (χ0v) is 13.2. The molecule has 21 heavy (non-hydrogen) atoms. The molecule has 0 radical (unpaired) electrons. The molecule has 0 aromatic carbocycles. The van der Waals surface area contributed by atoms with Gasteiger partial charge in [-0.15, -0.1) is 0 Å². The van der Waals surface area contributed by atoms with Gasteiger partial charge in [-0.3, -0.25) is 4.79 Å². The SMILES string of the molecule is NC1CCC(CNC(=O)C23CC4CC(CC(C4)C2)C3)CC1. The topological polar surface area (TPSA) is 55.1 Å². The van der Waals surface area contributed by atoms with Crippen molar-refractivity contribution >= 4 is 5.91 Å². The fourth-order valence-corrected chi connectivity index (χ4v) is 6.21. The first-order chi connectivity index (χ1) is 10.1. The van der Waals surface area contributed by atoms with Crippen LogP contribution >= 0.6 is 0 Å². The van der Waals surface area contributed by atoms with Crippen LogP contribution in [0.1, 0.15) is 64.2 Å². The maximum atomic E-state index is 12.9. The summed E-state index contributed by atoms with van der Waals surface area (Å²) in [7, 11) is 0. The second-order valence-electron chi connectivity index (χ2n) is 8.69. The van der Waals surface area contributed by atoms with Crippen molar-refractivity contribution in [3.63, 3.8) is 0 Å². The number of nitrogens with one attached hydrogen (secondary N) is 1. The number of carbonyl (C=O) groups excluding carboxylic acids is 1. The first kappa shape index (κ1) is 14.0. The van der Waals surface area contributed by atoms with Crippen molar-refractivity contribution in [2.75, 3.05) is 6.54 Å². The Morgan fingerprint density at radius 3 is 2.00 bits per heavy atom. The van der Waals surface area contributed by atoms with Crippen molar-refractivity contribution in [2.45, 2.75) is 70.3 Å². The van der Waals surface area contributed by atoms with Crippen molar-refractivity contribution in [2.24, 2.45) is 34.8 Å². The molecule has 3 heteroatoms. The Morgan fingerprint density at radius 2 is 1.48 bits per heavy atom. The van der Waals surface area contributed by atoms with Gasteiger partial charge in [-0.25, -0.2) is 0 Å². The second-order valence-corrected chi connectivity index (χ2v) is 8.69. The summed E-state index contributed by atoms with van der Waals surface area (Å²) in [5.41, 5.74) is 6.00. The number of hydrogen-bond acceptors (Lipinski definition) is 2. The van der Waals surface area contributed by atoms with Gasteiger partial charge in [0.05, 0.1) is 0 Å². The smallest absolute Gasteiger partial charge is 0.226 e. The van der Waals surface area contributed by atoms with Crippen molar-refractivity contribution in [1.82, 2.24) is 5.32 Å². The summed E-state index contributed by atoms with van der Waals surface area (Å²) in [5.74, 6) is 3.64. The Morgan fingerprint density at radius 1 is 0.952 bits per heavy atom. The second kappa shape index (κ2) is 5.26. The van der Waals surface area contributed by atoms with Crippen LogP contribution in [0.3, 0.4) is 0 Å². The molecule has 5 aliphatic rings. The van der Waals surface area contributed by atoms with Crippen LogP contribution in [-0.2, 0) is 4.79 Å². The van der Waals surface area contributed by atoms with Crippen molar-refractivity contribution < 1.29 is 4.79 Å². The van der Waals surface area contributed by atoms with Crippen LogP contribution in [0.25, 0.3) is 0 Å². The van der Waals surface area contributed by atoms with Gasteiger partial charge in [0.15, 0.2) is 0 Å². The highest BCUT2D eigenvalue weighted by Crippen LogP contribution is 2.60. The highest BCUT2D eigenvalue weighted by atomic mass is 16.2. The van der Waals surface area contributed by atoms with Gasteiger partial charge in [-0.2, -0.15) is 0 Å². The lowest BCUT2D eigenvalue weighted by Crippen LogP contribution is -2.54. The van der Waals surface area contributed by atoms with E-state index in [1.165, 1.54) is 51.4 Å². The van der Waals surface area contributed by atoms with Gasteiger partial charge in [0, 0.05) is 18.0 Å². The summed E-state index contributed by atoms with van der Waals surface area (Å²) < 4.78 is 0. The number of amides is 1. The Balaban J connectivity index is 1.35. The number of nitrogens with two attached hydrogens (primary N) is 1. The molecule has 118 valence electrons. The molecule has 0 aromatic rings. The summed E-state index contributed by atoms with van der Waals surface area (Å²) in [4.78, 5) is 12.9. The fraction of sp³-hybridized carbons (Fsp3) is 0.944. The lowest BCUT2D eigenvalue weighted by atomic mass is 9.49. The molecule has 0 aromatic heterocycles. The Bertz CT molecular complexity index is 376. The summed E-state index contributed by atoms with van der Waals surface area (Å²) in [6.07, 6.45) is 12.4. The lowest BCUT2D eigenvalue weighted by Gasteiger charge is -2.55.